The van der Waals surface area contributed by atoms with Gasteiger partial charge in [-0.1, -0.05) is 0 Å². The topological polar surface area (TPSA) is 93.1 Å². The second-order valence-corrected chi connectivity index (χ2v) is 9.14. The molecule has 0 unspecified atom stereocenters. The summed E-state index contributed by atoms with van der Waals surface area (Å²) in [4.78, 5) is 15.4. The Bertz CT molecular complexity index is 883. The third kappa shape index (κ3) is 3.32. The number of nitrogens with one attached hydrogen (secondary N) is 2. The Morgan fingerprint density at radius 3 is 2.79 bits per heavy atom. The number of sulfone groups is 1. The zero-order valence-electron chi connectivity index (χ0n) is 13.8. The van der Waals surface area contributed by atoms with Crippen molar-refractivity contribution in [3.05, 3.63) is 22.8 Å². The van der Waals surface area contributed by atoms with E-state index in [1.165, 1.54) is 18.3 Å². The van der Waals surface area contributed by atoms with E-state index in [0.717, 1.165) is 22.6 Å². The van der Waals surface area contributed by atoms with Gasteiger partial charge in [-0.2, -0.15) is 0 Å². The molecule has 1 amide bonds. The van der Waals surface area contributed by atoms with E-state index < -0.39 is 9.84 Å². The second kappa shape index (κ2) is 6.21. The first-order valence-electron chi connectivity index (χ1n) is 7.64. The molecule has 1 atom stereocenters. The number of anilines is 1. The molecule has 3 heterocycles. The van der Waals surface area contributed by atoms with Gasteiger partial charge in [-0.05, 0) is 26.3 Å². The van der Waals surface area contributed by atoms with Gasteiger partial charge in [0, 0.05) is 35.3 Å². The minimum Gasteiger partial charge on any atom is -0.344 e. The molecule has 2 N–H and O–H groups in total. The number of nitrogens with zero attached hydrogens (tertiary/aromatic N) is 2. The maximum atomic E-state index is 11.8. The minimum absolute atomic E-state index is 0.000592. The third-order valence-corrected chi connectivity index (χ3v) is 6.69. The number of thiazole rings is 1. The first kappa shape index (κ1) is 17.0. The Kier molecular flexibility index (Phi) is 4.39. The lowest BCUT2D eigenvalue weighted by molar-refractivity contribution is -0.118. The molecule has 3 rings (SSSR count). The molecule has 2 aromatic rings. The van der Waals surface area contributed by atoms with Gasteiger partial charge < -0.3 is 4.57 Å². The number of aryl methyl sites for hydroxylation is 1. The highest BCUT2D eigenvalue weighted by Crippen LogP contribution is 2.34. The summed E-state index contributed by atoms with van der Waals surface area (Å²) in [7, 11) is -2.93. The van der Waals surface area contributed by atoms with Crippen LogP contribution in [0.3, 0.4) is 0 Å². The lowest BCUT2D eigenvalue weighted by Crippen LogP contribution is -2.26. The van der Waals surface area contributed by atoms with Gasteiger partial charge in [0.25, 0.3) is 0 Å². The van der Waals surface area contributed by atoms with Crippen molar-refractivity contribution in [2.45, 2.75) is 33.2 Å². The summed E-state index contributed by atoms with van der Waals surface area (Å²) in [6.45, 7) is 5.41. The molecule has 0 bridgehead atoms. The molecule has 1 aliphatic rings. The maximum Gasteiger partial charge on any atom is 0.235 e. The summed E-state index contributed by atoms with van der Waals surface area (Å²) in [5, 5.41) is 2.52. The fourth-order valence-electron chi connectivity index (χ4n) is 3.17. The quantitative estimate of drug-likeness (QED) is 0.806. The van der Waals surface area contributed by atoms with Crippen LogP contribution in [0.2, 0.25) is 0 Å². The molecule has 1 aliphatic heterocycles. The van der Waals surface area contributed by atoms with Crippen molar-refractivity contribution < 1.29 is 13.2 Å². The molecule has 0 aliphatic carbocycles. The van der Waals surface area contributed by atoms with Crippen LogP contribution in [0.4, 0.5) is 5.13 Å². The molecule has 0 radical (unpaired) electrons. The van der Waals surface area contributed by atoms with Crippen LogP contribution in [0.1, 0.15) is 30.8 Å². The SMILES string of the molecule is CC(=O)NNc1nc(-c2cc(C)n([C@H]3CCS(=O)(=O)C3)c2C)cs1. The van der Waals surface area contributed by atoms with Gasteiger partial charge in [0.15, 0.2) is 9.84 Å². The molecule has 0 spiro atoms. The van der Waals surface area contributed by atoms with E-state index in [1.54, 1.807) is 0 Å². The number of carbonyl (C=O) groups is 1. The van der Waals surface area contributed by atoms with E-state index in [1.807, 2.05) is 25.3 Å². The average Bonchev–Trinajstić information content (AvgIpc) is 3.15. The summed E-state index contributed by atoms with van der Waals surface area (Å²) < 4.78 is 25.7. The highest BCUT2D eigenvalue weighted by atomic mass is 32.2. The smallest absolute Gasteiger partial charge is 0.235 e. The molecule has 9 heteroatoms. The van der Waals surface area contributed by atoms with Crippen molar-refractivity contribution in [1.29, 1.82) is 0 Å². The molecule has 130 valence electrons. The summed E-state index contributed by atoms with van der Waals surface area (Å²) in [5.41, 5.74) is 9.12. The minimum atomic E-state index is -2.93. The number of amides is 1. The van der Waals surface area contributed by atoms with Crippen LogP contribution < -0.4 is 10.9 Å². The van der Waals surface area contributed by atoms with Gasteiger partial charge in [-0.25, -0.2) is 13.4 Å². The summed E-state index contributed by atoms with van der Waals surface area (Å²) in [6, 6.07) is 2.04. The number of carbonyl (C=O) groups excluding carboxylic acids is 1. The summed E-state index contributed by atoms with van der Waals surface area (Å²) >= 11 is 1.40. The van der Waals surface area contributed by atoms with E-state index in [2.05, 4.69) is 20.4 Å². The van der Waals surface area contributed by atoms with Crippen molar-refractivity contribution in [3.63, 3.8) is 0 Å². The van der Waals surface area contributed by atoms with E-state index in [4.69, 9.17) is 0 Å². The van der Waals surface area contributed by atoms with Crippen molar-refractivity contribution in [2.24, 2.45) is 0 Å². The van der Waals surface area contributed by atoms with Gasteiger partial charge in [0.1, 0.15) is 0 Å². The molecule has 24 heavy (non-hydrogen) atoms. The van der Waals surface area contributed by atoms with Crippen molar-refractivity contribution in [2.75, 3.05) is 16.9 Å². The largest absolute Gasteiger partial charge is 0.344 e. The van der Waals surface area contributed by atoms with Crippen LogP contribution >= 0.6 is 11.3 Å². The number of hydrogen-bond donors (Lipinski definition) is 2. The Morgan fingerprint density at radius 1 is 1.42 bits per heavy atom. The Labute approximate surface area is 145 Å². The van der Waals surface area contributed by atoms with Crippen LogP contribution in [-0.4, -0.2) is 35.4 Å². The fourth-order valence-corrected chi connectivity index (χ4v) is 5.54. The molecule has 7 nitrogen and oxygen atoms in total. The average molecular weight is 368 g/mol. The van der Waals surface area contributed by atoms with Gasteiger partial charge >= 0.3 is 0 Å². The first-order chi connectivity index (χ1) is 11.3. The first-order valence-corrected chi connectivity index (χ1v) is 10.3. The van der Waals surface area contributed by atoms with Gasteiger partial charge in [-0.3, -0.25) is 15.6 Å². The van der Waals surface area contributed by atoms with Crippen LogP contribution in [-0.2, 0) is 14.6 Å². The van der Waals surface area contributed by atoms with Crippen LogP contribution in [0.25, 0.3) is 11.3 Å². The lowest BCUT2D eigenvalue weighted by Gasteiger charge is -2.16. The molecular formula is C15H20N4O3S2. The predicted molar refractivity (Wildman–Crippen MR) is 94.8 cm³/mol. The van der Waals surface area contributed by atoms with Gasteiger partial charge in [0.2, 0.25) is 11.0 Å². The van der Waals surface area contributed by atoms with Gasteiger partial charge in [-0.15, -0.1) is 11.3 Å². The maximum absolute atomic E-state index is 11.8. The fraction of sp³-hybridized carbons (Fsp3) is 0.467. The highest BCUT2D eigenvalue weighted by molar-refractivity contribution is 7.91. The van der Waals surface area contributed by atoms with E-state index in [-0.39, 0.29) is 23.5 Å². The Hall–Kier alpha value is -1.87. The van der Waals surface area contributed by atoms with Gasteiger partial charge in [0.05, 0.1) is 17.2 Å². The molecule has 0 aromatic carbocycles. The predicted octanol–water partition coefficient (Wildman–Crippen LogP) is 2.05. The van der Waals surface area contributed by atoms with Crippen molar-refractivity contribution in [3.8, 4) is 11.3 Å². The van der Waals surface area contributed by atoms with Crippen LogP contribution in [0.5, 0.6) is 0 Å². The lowest BCUT2D eigenvalue weighted by atomic mass is 10.2. The molecule has 1 saturated heterocycles. The normalized spacial score (nSPS) is 19.4. The molecular weight excluding hydrogens is 348 g/mol. The zero-order chi connectivity index (χ0) is 17.5. The second-order valence-electron chi connectivity index (χ2n) is 6.06. The standard InChI is InChI=1S/C15H20N4O3S2/c1-9-6-13(14-7-23-15(16-14)18-17-11(3)20)10(2)19(9)12-4-5-24(21,22)8-12/h6-7,12H,4-5,8H2,1-3H3,(H,16,18)(H,17,20)/t12-/m0/s1. The summed E-state index contributed by atoms with van der Waals surface area (Å²) in [6.07, 6.45) is 0.657. The molecule has 2 aromatic heterocycles. The number of hydrogen-bond acceptors (Lipinski definition) is 6. The van der Waals surface area contributed by atoms with E-state index >= 15 is 0 Å². The molecule has 0 saturated carbocycles. The van der Waals surface area contributed by atoms with E-state index in [9.17, 15) is 13.2 Å². The number of rotatable bonds is 4. The zero-order valence-corrected chi connectivity index (χ0v) is 15.4. The molecule has 1 fully saturated rings. The van der Waals surface area contributed by atoms with Crippen molar-refractivity contribution >= 4 is 32.2 Å². The van der Waals surface area contributed by atoms with E-state index in [0.29, 0.717) is 11.6 Å². The monoisotopic (exact) mass is 368 g/mol. The third-order valence-electron chi connectivity index (χ3n) is 4.18. The Morgan fingerprint density at radius 2 is 2.17 bits per heavy atom. The van der Waals surface area contributed by atoms with Crippen LogP contribution in [0, 0.1) is 13.8 Å². The summed E-state index contributed by atoms with van der Waals surface area (Å²) in [5.74, 6) is 0.271. The van der Waals surface area contributed by atoms with Crippen molar-refractivity contribution in [1.82, 2.24) is 15.0 Å². The van der Waals surface area contributed by atoms with Crippen LogP contribution in [0.15, 0.2) is 11.4 Å². The Balaban J connectivity index is 1.88. The number of aromatic nitrogens is 2. The number of hydrazine groups is 1. The highest BCUT2D eigenvalue weighted by Gasteiger charge is 2.31.